The first-order chi connectivity index (χ1) is 10.4. The Morgan fingerprint density at radius 1 is 1.36 bits per heavy atom. The van der Waals surface area contributed by atoms with Crippen molar-refractivity contribution in [3.8, 4) is 0 Å². The van der Waals surface area contributed by atoms with Crippen molar-refractivity contribution in [3.63, 3.8) is 0 Å². The third-order valence-electron chi connectivity index (χ3n) is 4.02. The van der Waals surface area contributed by atoms with Gasteiger partial charge in [-0.2, -0.15) is 0 Å². The lowest BCUT2D eigenvalue weighted by atomic mass is 9.90. The second kappa shape index (κ2) is 5.44. The third-order valence-corrected chi connectivity index (χ3v) is 4.02. The lowest BCUT2D eigenvalue weighted by Crippen LogP contribution is -2.45. The van der Waals surface area contributed by atoms with Crippen LogP contribution in [0.5, 0.6) is 0 Å². The smallest absolute Gasteiger partial charge is 0.308 e. The summed E-state index contributed by atoms with van der Waals surface area (Å²) in [6.45, 7) is 4.60. The van der Waals surface area contributed by atoms with Gasteiger partial charge in [0.05, 0.1) is 5.92 Å². The molecule has 1 N–H and O–H groups in total. The van der Waals surface area contributed by atoms with Gasteiger partial charge in [-0.05, 0) is 31.4 Å². The molecule has 116 valence electrons. The number of amides is 1. The predicted molar refractivity (Wildman–Crippen MR) is 79.6 cm³/mol. The van der Waals surface area contributed by atoms with Crippen molar-refractivity contribution < 1.29 is 19.1 Å². The fourth-order valence-corrected chi connectivity index (χ4v) is 2.98. The molecule has 0 aliphatic carbocycles. The molecule has 6 heteroatoms. The molecule has 2 aromatic rings. The largest absolute Gasteiger partial charge is 0.481 e. The first-order valence-electron chi connectivity index (χ1n) is 7.33. The Bertz CT molecular complexity index is 737. The number of carboxylic acid groups (broad SMARTS) is 1. The Morgan fingerprint density at radius 2 is 2.14 bits per heavy atom. The number of carbonyl (C=O) groups excluding carboxylic acids is 1. The van der Waals surface area contributed by atoms with Gasteiger partial charge in [0.1, 0.15) is 5.52 Å². The van der Waals surface area contributed by atoms with Crippen molar-refractivity contribution in [1.82, 2.24) is 9.88 Å². The molecule has 1 aliphatic rings. The van der Waals surface area contributed by atoms with Crippen molar-refractivity contribution in [2.24, 2.45) is 11.8 Å². The average molecular weight is 302 g/mol. The van der Waals surface area contributed by atoms with Crippen LogP contribution < -0.4 is 0 Å². The van der Waals surface area contributed by atoms with Crippen LogP contribution in [0.2, 0.25) is 0 Å². The highest BCUT2D eigenvalue weighted by molar-refractivity contribution is 5.95. The summed E-state index contributed by atoms with van der Waals surface area (Å²) in [5, 5.41) is 9.20. The molecule has 2 aromatic heterocycles. The van der Waals surface area contributed by atoms with Crippen LogP contribution in [0.4, 0.5) is 0 Å². The molecule has 1 aliphatic heterocycles. The SMILES string of the molecule is Cc1ccc2oc(C(=O)N3CC(C)CC(C(=O)O)C3)cc2n1. The van der Waals surface area contributed by atoms with Crippen LogP contribution in [0.1, 0.15) is 29.6 Å². The van der Waals surface area contributed by atoms with Gasteiger partial charge in [0, 0.05) is 24.8 Å². The summed E-state index contributed by atoms with van der Waals surface area (Å²) in [4.78, 5) is 29.7. The normalized spacial score (nSPS) is 22.0. The number of likely N-dealkylation sites (tertiary alicyclic amines) is 1. The summed E-state index contributed by atoms with van der Waals surface area (Å²) in [6, 6.07) is 5.23. The van der Waals surface area contributed by atoms with Gasteiger partial charge in [-0.15, -0.1) is 0 Å². The van der Waals surface area contributed by atoms with E-state index in [4.69, 9.17) is 4.42 Å². The fraction of sp³-hybridized carbons (Fsp3) is 0.438. The van der Waals surface area contributed by atoms with E-state index >= 15 is 0 Å². The van der Waals surface area contributed by atoms with Crippen LogP contribution in [0, 0.1) is 18.8 Å². The molecular weight excluding hydrogens is 284 g/mol. The summed E-state index contributed by atoms with van der Waals surface area (Å²) >= 11 is 0. The monoisotopic (exact) mass is 302 g/mol. The molecule has 2 atom stereocenters. The Morgan fingerprint density at radius 3 is 2.86 bits per heavy atom. The standard InChI is InChI=1S/C16H18N2O4/c1-9-5-11(16(20)21)8-18(7-9)15(19)14-6-12-13(22-14)4-3-10(2)17-12/h3-4,6,9,11H,5,7-8H2,1-2H3,(H,20,21). The van der Waals surface area contributed by atoms with E-state index in [1.807, 2.05) is 19.9 Å². The number of aromatic nitrogens is 1. The molecule has 0 aromatic carbocycles. The number of pyridine rings is 1. The third kappa shape index (κ3) is 2.68. The van der Waals surface area contributed by atoms with E-state index in [0.29, 0.717) is 24.1 Å². The van der Waals surface area contributed by atoms with E-state index in [1.54, 1.807) is 17.0 Å². The van der Waals surface area contributed by atoms with Gasteiger partial charge >= 0.3 is 5.97 Å². The quantitative estimate of drug-likeness (QED) is 0.920. The van der Waals surface area contributed by atoms with Crippen molar-refractivity contribution in [2.75, 3.05) is 13.1 Å². The summed E-state index contributed by atoms with van der Waals surface area (Å²) in [5.41, 5.74) is 2.06. The van der Waals surface area contributed by atoms with E-state index in [1.165, 1.54) is 0 Å². The molecule has 22 heavy (non-hydrogen) atoms. The average Bonchev–Trinajstić information content (AvgIpc) is 2.88. The maximum atomic E-state index is 12.6. The highest BCUT2D eigenvalue weighted by Crippen LogP contribution is 2.25. The number of rotatable bonds is 2. The van der Waals surface area contributed by atoms with E-state index in [9.17, 15) is 14.7 Å². The van der Waals surface area contributed by atoms with E-state index < -0.39 is 11.9 Å². The summed E-state index contributed by atoms with van der Waals surface area (Å²) in [7, 11) is 0. The summed E-state index contributed by atoms with van der Waals surface area (Å²) < 4.78 is 5.57. The Balaban J connectivity index is 1.86. The molecule has 0 spiro atoms. The van der Waals surface area contributed by atoms with E-state index in [2.05, 4.69) is 4.98 Å². The van der Waals surface area contributed by atoms with Crippen molar-refractivity contribution >= 4 is 23.0 Å². The molecule has 1 amide bonds. The van der Waals surface area contributed by atoms with Crippen LogP contribution in [0.3, 0.4) is 0 Å². The molecule has 2 unspecified atom stereocenters. The minimum atomic E-state index is -0.855. The van der Waals surface area contributed by atoms with Gasteiger partial charge < -0.3 is 14.4 Å². The lowest BCUT2D eigenvalue weighted by molar-refractivity contribution is -0.143. The van der Waals surface area contributed by atoms with Gasteiger partial charge in [0.25, 0.3) is 5.91 Å². The molecular formula is C16H18N2O4. The zero-order valence-corrected chi connectivity index (χ0v) is 12.6. The Kier molecular flexibility index (Phi) is 3.60. The molecule has 1 saturated heterocycles. The van der Waals surface area contributed by atoms with Gasteiger partial charge in [-0.3, -0.25) is 9.59 Å². The molecule has 0 bridgehead atoms. The highest BCUT2D eigenvalue weighted by atomic mass is 16.4. The van der Waals surface area contributed by atoms with Crippen molar-refractivity contribution in [2.45, 2.75) is 20.3 Å². The van der Waals surface area contributed by atoms with Crippen LogP contribution in [0.25, 0.3) is 11.1 Å². The lowest BCUT2D eigenvalue weighted by Gasteiger charge is -2.34. The number of aryl methyl sites for hydroxylation is 1. The molecule has 6 nitrogen and oxygen atoms in total. The minimum absolute atomic E-state index is 0.156. The number of hydrogen-bond acceptors (Lipinski definition) is 4. The molecule has 3 heterocycles. The van der Waals surface area contributed by atoms with Crippen LogP contribution in [-0.4, -0.2) is 40.0 Å². The second-order valence-corrected chi connectivity index (χ2v) is 6.03. The minimum Gasteiger partial charge on any atom is -0.481 e. The number of fused-ring (bicyclic) bond motifs is 1. The summed E-state index contributed by atoms with van der Waals surface area (Å²) in [5.74, 6) is -1.27. The zero-order chi connectivity index (χ0) is 15.9. The number of carboxylic acids is 1. The number of piperidine rings is 1. The number of hydrogen-bond donors (Lipinski definition) is 1. The first-order valence-corrected chi connectivity index (χ1v) is 7.33. The van der Waals surface area contributed by atoms with Crippen molar-refractivity contribution in [1.29, 1.82) is 0 Å². The van der Waals surface area contributed by atoms with Gasteiger partial charge in [0.15, 0.2) is 11.3 Å². The Hall–Kier alpha value is -2.37. The van der Waals surface area contributed by atoms with Gasteiger partial charge in [-0.1, -0.05) is 6.92 Å². The maximum absolute atomic E-state index is 12.6. The fourth-order valence-electron chi connectivity index (χ4n) is 2.98. The molecule has 0 radical (unpaired) electrons. The number of furan rings is 1. The maximum Gasteiger partial charge on any atom is 0.308 e. The van der Waals surface area contributed by atoms with Gasteiger partial charge in [0.2, 0.25) is 0 Å². The van der Waals surface area contributed by atoms with Crippen molar-refractivity contribution in [3.05, 3.63) is 29.7 Å². The second-order valence-electron chi connectivity index (χ2n) is 6.03. The molecule has 1 fully saturated rings. The number of aliphatic carboxylic acids is 1. The van der Waals surface area contributed by atoms with E-state index in [-0.39, 0.29) is 24.1 Å². The first kappa shape index (κ1) is 14.6. The number of carbonyl (C=O) groups is 2. The topological polar surface area (TPSA) is 83.6 Å². The zero-order valence-electron chi connectivity index (χ0n) is 12.6. The highest BCUT2D eigenvalue weighted by Gasteiger charge is 2.33. The predicted octanol–water partition coefficient (Wildman–Crippen LogP) is 2.32. The van der Waals surface area contributed by atoms with Crippen LogP contribution in [0.15, 0.2) is 22.6 Å². The number of nitrogens with zero attached hydrogens (tertiary/aromatic N) is 2. The molecule has 3 rings (SSSR count). The van der Waals surface area contributed by atoms with Crippen LogP contribution >= 0.6 is 0 Å². The van der Waals surface area contributed by atoms with Gasteiger partial charge in [-0.25, -0.2) is 4.98 Å². The van der Waals surface area contributed by atoms with Crippen LogP contribution in [-0.2, 0) is 4.79 Å². The molecule has 0 saturated carbocycles. The summed E-state index contributed by atoms with van der Waals surface area (Å²) in [6.07, 6.45) is 0.597. The Labute approximate surface area is 127 Å². The van der Waals surface area contributed by atoms with E-state index in [0.717, 1.165) is 5.69 Å².